The van der Waals surface area contributed by atoms with E-state index in [2.05, 4.69) is 10.1 Å². The largest absolute Gasteiger partial charge is 0.367 e. The molecular weight excluding hydrogens is 319 g/mol. The number of hydrogen-bond donors (Lipinski definition) is 1. The molecule has 2 aromatic heterocycles. The fraction of sp³-hybridized carbons (Fsp3) is 0.143. The molecule has 23 heavy (non-hydrogen) atoms. The van der Waals surface area contributed by atoms with E-state index in [9.17, 15) is 22.0 Å². The third kappa shape index (κ3) is 2.69. The second-order valence-electron chi connectivity index (χ2n) is 4.82. The van der Waals surface area contributed by atoms with E-state index in [0.29, 0.717) is 0 Å². The van der Waals surface area contributed by atoms with Gasteiger partial charge in [0.05, 0.1) is 17.5 Å². The highest BCUT2D eigenvalue weighted by Crippen LogP contribution is 2.30. The van der Waals surface area contributed by atoms with Crippen molar-refractivity contribution in [3.05, 3.63) is 47.4 Å². The summed E-state index contributed by atoms with van der Waals surface area (Å²) in [6, 6.07) is 2.44. The van der Waals surface area contributed by atoms with Crippen LogP contribution in [0.25, 0.3) is 16.8 Å². The summed E-state index contributed by atoms with van der Waals surface area (Å²) >= 11 is 0. The van der Waals surface area contributed by atoms with Gasteiger partial charge in [0, 0.05) is 12.5 Å². The van der Waals surface area contributed by atoms with Crippen LogP contribution < -0.4 is 5.73 Å². The molecule has 0 bridgehead atoms. The molecule has 0 amide bonds. The fourth-order valence-electron chi connectivity index (χ4n) is 2.31. The molecule has 0 aliphatic heterocycles. The Morgan fingerprint density at radius 2 is 1.70 bits per heavy atom. The molecule has 0 unspecified atom stereocenters. The van der Waals surface area contributed by atoms with Crippen molar-refractivity contribution >= 4 is 11.5 Å². The lowest BCUT2D eigenvalue weighted by Gasteiger charge is -2.08. The number of nitrogens with two attached hydrogens (primary N) is 1. The number of nitrogen functional groups attached to an aromatic ring is 1. The molecule has 4 nitrogen and oxygen atoms in total. The molecule has 0 spiro atoms. The molecule has 120 valence electrons. The first kappa shape index (κ1) is 15.2. The normalized spacial score (nSPS) is 11.6. The third-order valence-corrected chi connectivity index (χ3v) is 3.23. The number of alkyl halides is 2. The zero-order valence-electron chi connectivity index (χ0n) is 11.4. The minimum absolute atomic E-state index is 0.121. The standard InChI is InChI=1S/C14H9F5N4/c15-7-4-10(23-11(7)5-21-14(20)22-23)13-8(16)1-6(2-9(13)17)3-12(18)19/h1-2,4-5,12H,3H2,(H2,20,22). The second-order valence-corrected chi connectivity index (χ2v) is 4.82. The minimum Gasteiger partial charge on any atom is -0.367 e. The average molecular weight is 328 g/mol. The molecule has 3 rings (SSSR count). The lowest BCUT2D eigenvalue weighted by Crippen LogP contribution is -2.04. The van der Waals surface area contributed by atoms with Crippen LogP contribution in [0.2, 0.25) is 0 Å². The summed E-state index contributed by atoms with van der Waals surface area (Å²) in [7, 11) is 0. The summed E-state index contributed by atoms with van der Waals surface area (Å²) in [5.74, 6) is -3.21. The summed E-state index contributed by atoms with van der Waals surface area (Å²) in [6.45, 7) is 0. The van der Waals surface area contributed by atoms with Gasteiger partial charge in [-0.05, 0) is 17.7 Å². The van der Waals surface area contributed by atoms with Crippen LogP contribution in [0, 0.1) is 17.5 Å². The fourth-order valence-corrected chi connectivity index (χ4v) is 2.31. The Morgan fingerprint density at radius 1 is 1.04 bits per heavy atom. The average Bonchev–Trinajstić information content (AvgIpc) is 2.74. The summed E-state index contributed by atoms with van der Waals surface area (Å²) in [6.07, 6.45) is -2.45. The van der Waals surface area contributed by atoms with Gasteiger partial charge in [0.1, 0.15) is 17.2 Å². The summed E-state index contributed by atoms with van der Waals surface area (Å²) < 4.78 is 67.8. The van der Waals surface area contributed by atoms with Crippen molar-refractivity contribution in [1.29, 1.82) is 0 Å². The molecule has 2 N–H and O–H groups in total. The Hall–Kier alpha value is -2.71. The van der Waals surface area contributed by atoms with E-state index in [1.165, 1.54) is 0 Å². The van der Waals surface area contributed by atoms with E-state index >= 15 is 0 Å². The van der Waals surface area contributed by atoms with Crippen LogP contribution in [0.1, 0.15) is 5.56 Å². The summed E-state index contributed by atoms with van der Waals surface area (Å²) in [4.78, 5) is 3.60. The minimum atomic E-state index is -2.74. The highest BCUT2D eigenvalue weighted by atomic mass is 19.3. The van der Waals surface area contributed by atoms with Gasteiger partial charge in [-0.1, -0.05) is 0 Å². The first-order valence-electron chi connectivity index (χ1n) is 6.43. The number of aromatic nitrogens is 3. The molecule has 0 aliphatic rings. The Bertz CT molecular complexity index is 867. The number of hydrogen-bond acceptors (Lipinski definition) is 3. The second kappa shape index (κ2) is 5.49. The number of anilines is 1. The van der Waals surface area contributed by atoms with Crippen LogP contribution in [0.5, 0.6) is 0 Å². The van der Waals surface area contributed by atoms with Crippen LogP contribution in [-0.2, 0) is 6.42 Å². The maximum Gasteiger partial charge on any atom is 0.242 e. The van der Waals surface area contributed by atoms with Crippen LogP contribution >= 0.6 is 0 Å². The Morgan fingerprint density at radius 3 is 2.30 bits per heavy atom. The van der Waals surface area contributed by atoms with Gasteiger partial charge in [0.2, 0.25) is 12.4 Å². The Labute approximate surface area is 126 Å². The van der Waals surface area contributed by atoms with Crippen molar-refractivity contribution < 1.29 is 22.0 Å². The monoisotopic (exact) mass is 328 g/mol. The highest BCUT2D eigenvalue weighted by Gasteiger charge is 2.21. The molecule has 1 aromatic carbocycles. The molecule has 0 radical (unpaired) electrons. The van der Waals surface area contributed by atoms with Crippen molar-refractivity contribution in [1.82, 2.24) is 14.6 Å². The quantitative estimate of drug-likeness (QED) is 0.751. The van der Waals surface area contributed by atoms with E-state index in [4.69, 9.17) is 5.73 Å². The van der Waals surface area contributed by atoms with Crippen LogP contribution in [-0.4, -0.2) is 21.0 Å². The van der Waals surface area contributed by atoms with Gasteiger partial charge in [-0.3, -0.25) is 0 Å². The number of nitrogens with zero attached hydrogens (tertiary/aromatic N) is 3. The number of fused-ring (bicyclic) bond motifs is 1. The summed E-state index contributed by atoms with van der Waals surface area (Å²) in [5, 5.41) is 3.72. The van der Waals surface area contributed by atoms with Crippen molar-refractivity contribution in [2.24, 2.45) is 0 Å². The summed E-state index contributed by atoms with van der Waals surface area (Å²) in [5.41, 5.74) is 4.26. The van der Waals surface area contributed by atoms with E-state index in [0.717, 1.165) is 28.9 Å². The number of halogens is 5. The van der Waals surface area contributed by atoms with E-state index in [1.807, 2.05) is 0 Å². The first-order valence-corrected chi connectivity index (χ1v) is 6.43. The molecule has 9 heteroatoms. The van der Waals surface area contributed by atoms with Crippen molar-refractivity contribution in [3.63, 3.8) is 0 Å². The van der Waals surface area contributed by atoms with Crippen molar-refractivity contribution in [3.8, 4) is 11.3 Å². The number of benzene rings is 1. The Balaban J connectivity index is 2.21. The van der Waals surface area contributed by atoms with E-state index in [1.54, 1.807) is 0 Å². The van der Waals surface area contributed by atoms with Gasteiger partial charge in [0.15, 0.2) is 5.82 Å². The molecule has 0 fully saturated rings. The van der Waals surface area contributed by atoms with Gasteiger partial charge < -0.3 is 5.73 Å². The number of rotatable bonds is 3. The van der Waals surface area contributed by atoms with Gasteiger partial charge in [-0.15, -0.1) is 5.10 Å². The zero-order chi connectivity index (χ0) is 16.7. The molecule has 2 heterocycles. The SMILES string of the molecule is Nc1ncc2c(F)cc(-c3c(F)cc(CC(F)F)cc3F)n2n1. The lowest BCUT2D eigenvalue weighted by molar-refractivity contribution is 0.149. The van der Waals surface area contributed by atoms with Crippen molar-refractivity contribution in [2.45, 2.75) is 12.8 Å². The predicted octanol–water partition coefficient (Wildman–Crippen LogP) is 3.20. The molecular formula is C14H9F5N4. The van der Waals surface area contributed by atoms with Crippen molar-refractivity contribution in [2.75, 3.05) is 5.73 Å². The van der Waals surface area contributed by atoms with E-state index < -0.39 is 35.9 Å². The highest BCUT2D eigenvalue weighted by molar-refractivity contribution is 5.68. The maximum absolute atomic E-state index is 14.2. The Kier molecular flexibility index (Phi) is 3.63. The van der Waals surface area contributed by atoms with Crippen LogP contribution in [0.3, 0.4) is 0 Å². The van der Waals surface area contributed by atoms with Gasteiger partial charge in [-0.25, -0.2) is 31.5 Å². The molecule has 0 saturated heterocycles. The third-order valence-electron chi connectivity index (χ3n) is 3.23. The van der Waals surface area contributed by atoms with Gasteiger partial charge in [0.25, 0.3) is 0 Å². The van der Waals surface area contributed by atoms with Gasteiger partial charge in [-0.2, -0.15) is 0 Å². The molecule has 0 atom stereocenters. The van der Waals surface area contributed by atoms with Crippen LogP contribution in [0.15, 0.2) is 24.4 Å². The maximum atomic E-state index is 14.2. The topological polar surface area (TPSA) is 56.2 Å². The smallest absolute Gasteiger partial charge is 0.242 e. The first-order chi connectivity index (χ1) is 10.9. The van der Waals surface area contributed by atoms with Crippen LogP contribution in [0.4, 0.5) is 27.9 Å². The predicted molar refractivity (Wildman–Crippen MR) is 72.4 cm³/mol. The molecule has 0 aliphatic carbocycles. The zero-order valence-corrected chi connectivity index (χ0v) is 11.4. The van der Waals surface area contributed by atoms with E-state index in [-0.39, 0.29) is 22.7 Å². The van der Waals surface area contributed by atoms with Gasteiger partial charge >= 0.3 is 0 Å². The molecule has 3 aromatic rings. The lowest BCUT2D eigenvalue weighted by atomic mass is 10.1. The molecule has 0 saturated carbocycles.